The number of thiocarbonyl (C=S) groups is 1. The van der Waals surface area contributed by atoms with E-state index in [4.69, 9.17) is 23.8 Å². The summed E-state index contributed by atoms with van der Waals surface area (Å²) in [5, 5.41) is 4.76. The van der Waals surface area contributed by atoms with E-state index >= 15 is 0 Å². The van der Waals surface area contributed by atoms with Gasteiger partial charge in [-0.15, -0.1) is 0 Å². The van der Waals surface area contributed by atoms with Crippen LogP contribution in [0.5, 0.6) is 0 Å². The van der Waals surface area contributed by atoms with Gasteiger partial charge in [0.25, 0.3) is 0 Å². The minimum absolute atomic E-state index is 0.167. The van der Waals surface area contributed by atoms with Crippen LogP contribution in [0.25, 0.3) is 5.69 Å². The average Bonchev–Trinajstić information content (AvgIpc) is 3.32. The predicted octanol–water partition coefficient (Wildman–Crippen LogP) is 6.77. The molecule has 4 aromatic rings. The van der Waals surface area contributed by atoms with E-state index in [1.54, 1.807) is 19.2 Å². The molecule has 1 saturated heterocycles. The van der Waals surface area contributed by atoms with Crippen LogP contribution in [0.4, 0.5) is 10.1 Å². The summed E-state index contributed by atoms with van der Waals surface area (Å²) in [5.74, 6) is -0.236. The van der Waals surface area contributed by atoms with Gasteiger partial charge >= 0.3 is 0 Å². The van der Waals surface area contributed by atoms with Crippen molar-refractivity contribution in [3.63, 3.8) is 0 Å². The van der Waals surface area contributed by atoms with Crippen molar-refractivity contribution in [1.82, 2.24) is 14.9 Å². The molecule has 1 aliphatic heterocycles. The van der Waals surface area contributed by atoms with Crippen LogP contribution in [0.3, 0.4) is 0 Å². The molecule has 0 radical (unpaired) electrons. The molecule has 1 aliphatic rings. The van der Waals surface area contributed by atoms with E-state index in [0.29, 0.717) is 15.7 Å². The summed E-state index contributed by atoms with van der Waals surface area (Å²) in [6, 6.07) is 20.7. The zero-order valence-corrected chi connectivity index (χ0v) is 20.7. The molecule has 0 spiro atoms. The molecule has 0 aliphatic carbocycles. The molecule has 7 heteroatoms. The van der Waals surface area contributed by atoms with E-state index in [2.05, 4.69) is 39.7 Å². The summed E-state index contributed by atoms with van der Waals surface area (Å²) in [4.78, 5) is 6.71. The lowest BCUT2D eigenvalue weighted by Gasteiger charge is -2.28. The maximum absolute atomic E-state index is 14.1. The second kappa shape index (κ2) is 8.85. The quantitative estimate of drug-likeness (QED) is 0.320. The zero-order valence-electron chi connectivity index (χ0n) is 19.1. The molecule has 1 fully saturated rings. The van der Waals surface area contributed by atoms with Gasteiger partial charge in [-0.3, -0.25) is 4.98 Å². The number of halogens is 2. The molecule has 172 valence electrons. The van der Waals surface area contributed by atoms with Gasteiger partial charge in [0.1, 0.15) is 5.82 Å². The van der Waals surface area contributed by atoms with Crippen molar-refractivity contribution < 1.29 is 4.39 Å². The first-order valence-electron chi connectivity index (χ1n) is 11.1. The minimum atomic E-state index is -0.236. The van der Waals surface area contributed by atoms with Gasteiger partial charge in [0.15, 0.2) is 5.11 Å². The molecule has 2 aromatic heterocycles. The van der Waals surface area contributed by atoms with Gasteiger partial charge < -0.3 is 14.8 Å². The number of aryl methyl sites for hydroxylation is 2. The third-order valence-electron chi connectivity index (χ3n) is 6.39. The number of rotatable bonds is 4. The van der Waals surface area contributed by atoms with Gasteiger partial charge in [-0.05, 0) is 105 Å². The number of benzene rings is 2. The van der Waals surface area contributed by atoms with Crippen LogP contribution in [-0.2, 0) is 0 Å². The Balaban J connectivity index is 1.68. The highest BCUT2D eigenvalue weighted by Gasteiger charge is 2.42. The van der Waals surface area contributed by atoms with Gasteiger partial charge in [-0.2, -0.15) is 0 Å². The Morgan fingerprint density at radius 3 is 2.38 bits per heavy atom. The van der Waals surface area contributed by atoms with Crippen molar-refractivity contribution in [2.24, 2.45) is 0 Å². The lowest BCUT2D eigenvalue weighted by molar-refractivity contribution is 0.564. The summed E-state index contributed by atoms with van der Waals surface area (Å²) in [5.41, 5.74) is 6.68. The normalized spacial score (nSPS) is 17.8. The van der Waals surface area contributed by atoms with E-state index in [1.807, 2.05) is 48.5 Å². The Hall–Kier alpha value is -3.22. The van der Waals surface area contributed by atoms with Gasteiger partial charge in [-0.1, -0.05) is 17.7 Å². The largest absolute Gasteiger partial charge is 0.351 e. The van der Waals surface area contributed by atoms with Gasteiger partial charge in [-0.25, -0.2) is 4.39 Å². The second-order valence-electron chi connectivity index (χ2n) is 8.57. The Morgan fingerprint density at radius 1 is 0.971 bits per heavy atom. The van der Waals surface area contributed by atoms with E-state index in [0.717, 1.165) is 34.0 Å². The van der Waals surface area contributed by atoms with E-state index in [-0.39, 0.29) is 17.9 Å². The molecule has 3 heterocycles. The molecule has 1 N–H and O–H groups in total. The molecular formula is C27H24ClFN4S. The van der Waals surface area contributed by atoms with Crippen molar-refractivity contribution in [1.29, 1.82) is 0 Å². The van der Waals surface area contributed by atoms with Crippen molar-refractivity contribution in [2.45, 2.75) is 32.9 Å². The maximum Gasteiger partial charge on any atom is 0.174 e. The Kier molecular flexibility index (Phi) is 5.88. The summed E-state index contributed by atoms with van der Waals surface area (Å²) in [6.45, 7) is 5.97. The van der Waals surface area contributed by atoms with Crippen LogP contribution in [0.2, 0.25) is 5.02 Å². The fourth-order valence-corrected chi connectivity index (χ4v) is 5.27. The van der Waals surface area contributed by atoms with E-state index in [9.17, 15) is 4.39 Å². The lowest BCUT2D eigenvalue weighted by atomic mass is 9.96. The van der Waals surface area contributed by atoms with Crippen LogP contribution in [-0.4, -0.2) is 14.7 Å². The number of aromatic nitrogens is 2. The fraction of sp³-hybridized carbons (Fsp3) is 0.185. The Labute approximate surface area is 209 Å². The average molecular weight is 491 g/mol. The van der Waals surface area contributed by atoms with Crippen LogP contribution in [0.1, 0.15) is 40.3 Å². The maximum atomic E-state index is 14.1. The summed E-state index contributed by atoms with van der Waals surface area (Å²) in [7, 11) is 0. The number of hydrogen-bond acceptors (Lipinski definition) is 2. The smallest absolute Gasteiger partial charge is 0.174 e. The van der Waals surface area contributed by atoms with Crippen molar-refractivity contribution in [3.05, 3.63) is 112 Å². The second-order valence-corrected chi connectivity index (χ2v) is 9.39. The monoisotopic (exact) mass is 490 g/mol. The predicted molar refractivity (Wildman–Crippen MR) is 139 cm³/mol. The van der Waals surface area contributed by atoms with E-state index in [1.165, 1.54) is 6.07 Å². The van der Waals surface area contributed by atoms with E-state index < -0.39 is 0 Å². The summed E-state index contributed by atoms with van der Waals surface area (Å²) < 4.78 is 16.3. The molecule has 0 bridgehead atoms. The summed E-state index contributed by atoms with van der Waals surface area (Å²) >= 11 is 11.9. The van der Waals surface area contributed by atoms with Crippen molar-refractivity contribution >= 4 is 34.6 Å². The molecule has 4 nitrogen and oxygen atoms in total. The standard InChI is InChI=1S/C27H24ClFN4S/c1-16-14-21(11-12-23(16)29)33-26(25(31-27(33)34)24-6-4-5-13-30-24)22-15-17(2)32(18(22)3)20-9-7-19(28)8-10-20/h4-15,25-26H,1-3H3,(H,31,34)/t25-,26-/m1/s1. The van der Waals surface area contributed by atoms with Crippen molar-refractivity contribution in [2.75, 3.05) is 4.90 Å². The first kappa shape index (κ1) is 22.6. The zero-order chi connectivity index (χ0) is 24.0. The van der Waals surface area contributed by atoms with Crippen LogP contribution in [0.15, 0.2) is 72.9 Å². The first-order chi connectivity index (χ1) is 16.3. The summed E-state index contributed by atoms with van der Waals surface area (Å²) in [6.07, 6.45) is 1.79. The topological polar surface area (TPSA) is 33.1 Å². The fourth-order valence-electron chi connectivity index (χ4n) is 4.80. The van der Waals surface area contributed by atoms with Gasteiger partial charge in [0.2, 0.25) is 0 Å². The molecular weight excluding hydrogens is 467 g/mol. The highest BCUT2D eigenvalue weighted by Crippen LogP contribution is 2.44. The minimum Gasteiger partial charge on any atom is -0.351 e. The Bertz CT molecular complexity index is 1370. The van der Waals surface area contributed by atoms with Crippen LogP contribution >= 0.6 is 23.8 Å². The Morgan fingerprint density at radius 2 is 1.71 bits per heavy atom. The number of hydrogen-bond donors (Lipinski definition) is 1. The van der Waals surface area contributed by atoms with Gasteiger partial charge in [0, 0.05) is 34.0 Å². The molecule has 5 rings (SSSR count). The number of nitrogens with zero attached hydrogens (tertiary/aromatic N) is 3. The molecule has 0 amide bonds. The molecule has 2 atom stereocenters. The molecule has 2 aromatic carbocycles. The first-order valence-corrected chi connectivity index (χ1v) is 11.9. The lowest BCUT2D eigenvalue weighted by Crippen LogP contribution is -2.29. The molecule has 0 unspecified atom stereocenters. The highest BCUT2D eigenvalue weighted by molar-refractivity contribution is 7.80. The highest BCUT2D eigenvalue weighted by atomic mass is 35.5. The third kappa shape index (κ3) is 3.87. The van der Waals surface area contributed by atoms with Gasteiger partial charge in [0.05, 0.1) is 17.8 Å². The number of anilines is 1. The molecule has 0 saturated carbocycles. The third-order valence-corrected chi connectivity index (χ3v) is 6.96. The molecule has 34 heavy (non-hydrogen) atoms. The van der Waals surface area contributed by atoms with Crippen LogP contribution in [0, 0.1) is 26.6 Å². The SMILES string of the molecule is Cc1cc(N2C(=S)N[C@H](c3ccccn3)[C@H]2c2cc(C)n(-c3ccc(Cl)cc3)c2C)ccc1F. The van der Waals surface area contributed by atoms with Crippen molar-refractivity contribution in [3.8, 4) is 5.69 Å². The number of pyridine rings is 1. The van der Waals surface area contributed by atoms with Crippen LogP contribution < -0.4 is 10.2 Å². The number of nitrogens with one attached hydrogen (secondary N) is 1.